The van der Waals surface area contributed by atoms with Gasteiger partial charge in [-0.15, -0.1) is 11.3 Å². The number of hydrogen-bond donors (Lipinski definition) is 1. The van der Waals surface area contributed by atoms with Crippen molar-refractivity contribution in [2.24, 2.45) is 5.92 Å². The lowest BCUT2D eigenvalue weighted by molar-refractivity contribution is 0.0677. The number of carbonyl (C=O) groups excluding carboxylic acids is 1. The number of amides is 1. The maximum absolute atomic E-state index is 12.5. The van der Waals surface area contributed by atoms with Crippen molar-refractivity contribution < 1.29 is 9.90 Å². The van der Waals surface area contributed by atoms with E-state index in [4.69, 9.17) is 5.11 Å². The zero-order valence-corrected chi connectivity index (χ0v) is 13.6. The number of aliphatic hydroxyl groups is 1. The molecule has 0 bridgehead atoms. The molecular formula is C17H23NO2S. The second kappa shape index (κ2) is 7.63. The molecule has 21 heavy (non-hydrogen) atoms. The smallest absolute Gasteiger partial charge is 0.263 e. The quantitative estimate of drug-likeness (QED) is 0.872. The standard InChI is InChI=1S/C17H23NO2S/c1-13-6-5-7-14(12-13)18(2)17(20)16-10-9-15(21-16)8-3-4-11-19/h9-10,13-14,19H,4-7,11-12H2,1-2H3. The molecule has 1 aromatic rings. The lowest BCUT2D eigenvalue weighted by Crippen LogP contribution is -2.39. The first-order chi connectivity index (χ1) is 10.1. The first-order valence-electron chi connectivity index (χ1n) is 7.58. The average molecular weight is 305 g/mol. The first kappa shape index (κ1) is 16.1. The third kappa shape index (κ3) is 4.33. The van der Waals surface area contributed by atoms with Crippen LogP contribution in [0.2, 0.25) is 0 Å². The molecule has 3 nitrogen and oxygen atoms in total. The van der Waals surface area contributed by atoms with Crippen molar-refractivity contribution in [1.82, 2.24) is 4.90 Å². The summed E-state index contributed by atoms with van der Waals surface area (Å²) in [5.74, 6) is 6.69. The molecule has 4 heteroatoms. The van der Waals surface area contributed by atoms with Gasteiger partial charge >= 0.3 is 0 Å². The van der Waals surface area contributed by atoms with E-state index in [1.54, 1.807) is 0 Å². The minimum absolute atomic E-state index is 0.0762. The second-order valence-corrected chi connectivity index (χ2v) is 6.86. The molecule has 1 aromatic heterocycles. The molecule has 2 unspecified atom stereocenters. The van der Waals surface area contributed by atoms with E-state index in [9.17, 15) is 4.79 Å². The van der Waals surface area contributed by atoms with Gasteiger partial charge < -0.3 is 10.0 Å². The van der Waals surface area contributed by atoms with E-state index in [-0.39, 0.29) is 12.5 Å². The Morgan fingerprint density at radius 1 is 1.48 bits per heavy atom. The number of aliphatic hydroxyl groups excluding tert-OH is 1. The van der Waals surface area contributed by atoms with Gasteiger partial charge in [-0.2, -0.15) is 0 Å². The fourth-order valence-corrected chi connectivity index (χ4v) is 3.68. The van der Waals surface area contributed by atoms with Crippen molar-refractivity contribution in [2.45, 2.75) is 45.1 Å². The van der Waals surface area contributed by atoms with Gasteiger partial charge in [0.1, 0.15) is 0 Å². The van der Waals surface area contributed by atoms with Crippen molar-refractivity contribution in [3.63, 3.8) is 0 Å². The van der Waals surface area contributed by atoms with E-state index >= 15 is 0 Å². The van der Waals surface area contributed by atoms with E-state index < -0.39 is 0 Å². The van der Waals surface area contributed by atoms with Gasteiger partial charge in [-0.25, -0.2) is 0 Å². The molecule has 114 valence electrons. The van der Waals surface area contributed by atoms with Crippen molar-refractivity contribution in [2.75, 3.05) is 13.7 Å². The Kier molecular flexibility index (Phi) is 5.84. The van der Waals surface area contributed by atoms with Gasteiger partial charge in [0.25, 0.3) is 5.91 Å². The molecule has 2 rings (SSSR count). The number of thiophene rings is 1. The summed E-state index contributed by atoms with van der Waals surface area (Å²) >= 11 is 1.44. The van der Waals surface area contributed by atoms with E-state index in [1.807, 2.05) is 24.1 Å². The molecular weight excluding hydrogens is 282 g/mol. The fourth-order valence-electron chi connectivity index (χ4n) is 2.82. The van der Waals surface area contributed by atoms with Crippen LogP contribution in [0.25, 0.3) is 0 Å². The van der Waals surface area contributed by atoms with Crippen LogP contribution in [0.4, 0.5) is 0 Å². The topological polar surface area (TPSA) is 40.5 Å². The summed E-state index contributed by atoms with van der Waals surface area (Å²) < 4.78 is 0. The SMILES string of the molecule is CC1CCCC(N(C)C(=O)c2ccc(C#CCCO)s2)C1. The molecule has 1 N–H and O–H groups in total. The maximum atomic E-state index is 12.5. The Balaban J connectivity index is 2.01. The molecule has 1 fully saturated rings. The number of nitrogens with zero attached hydrogens (tertiary/aromatic N) is 1. The molecule has 0 saturated heterocycles. The second-order valence-electron chi connectivity index (χ2n) is 5.78. The molecule has 1 aliphatic carbocycles. The molecule has 2 atom stereocenters. The summed E-state index contributed by atoms with van der Waals surface area (Å²) in [6.07, 6.45) is 5.19. The van der Waals surface area contributed by atoms with Crippen molar-refractivity contribution in [3.05, 3.63) is 21.9 Å². The summed E-state index contributed by atoms with van der Waals surface area (Å²) in [4.78, 5) is 16.1. The summed E-state index contributed by atoms with van der Waals surface area (Å²) in [5.41, 5.74) is 0. The van der Waals surface area contributed by atoms with Crippen LogP contribution in [-0.2, 0) is 0 Å². The van der Waals surface area contributed by atoms with Gasteiger partial charge in [0, 0.05) is 19.5 Å². The highest BCUT2D eigenvalue weighted by atomic mass is 32.1. The van der Waals surface area contributed by atoms with E-state index in [0.29, 0.717) is 18.4 Å². The Bertz CT molecular complexity index is 540. The Hall–Kier alpha value is -1.31. The normalized spacial score (nSPS) is 21.5. The van der Waals surface area contributed by atoms with Crippen LogP contribution in [-0.4, -0.2) is 35.6 Å². The zero-order chi connectivity index (χ0) is 15.2. The predicted molar refractivity (Wildman–Crippen MR) is 86.4 cm³/mol. The third-order valence-electron chi connectivity index (χ3n) is 4.04. The van der Waals surface area contributed by atoms with Gasteiger partial charge in [0.05, 0.1) is 16.4 Å². The maximum Gasteiger partial charge on any atom is 0.263 e. The molecule has 1 saturated carbocycles. The average Bonchev–Trinajstić information content (AvgIpc) is 2.95. The summed E-state index contributed by atoms with van der Waals surface area (Å²) in [6, 6.07) is 4.12. The summed E-state index contributed by atoms with van der Waals surface area (Å²) in [5, 5.41) is 8.72. The number of hydrogen-bond acceptors (Lipinski definition) is 3. The first-order valence-corrected chi connectivity index (χ1v) is 8.40. The Morgan fingerprint density at radius 2 is 2.29 bits per heavy atom. The highest BCUT2D eigenvalue weighted by Crippen LogP contribution is 2.28. The number of rotatable bonds is 3. The largest absolute Gasteiger partial charge is 0.395 e. The Morgan fingerprint density at radius 3 is 3.00 bits per heavy atom. The van der Waals surface area contributed by atoms with Crippen LogP contribution in [0.15, 0.2) is 12.1 Å². The van der Waals surface area contributed by atoms with Crippen molar-refractivity contribution >= 4 is 17.2 Å². The van der Waals surface area contributed by atoms with Crippen LogP contribution in [0, 0.1) is 17.8 Å². The van der Waals surface area contributed by atoms with E-state index in [2.05, 4.69) is 18.8 Å². The summed E-state index contributed by atoms with van der Waals surface area (Å²) in [6.45, 7) is 2.34. The summed E-state index contributed by atoms with van der Waals surface area (Å²) in [7, 11) is 1.92. The lowest BCUT2D eigenvalue weighted by atomic mass is 9.86. The van der Waals surface area contributed by atoms with Gasteiger partial charge in [0.2, 0.25) is 0 Å². The lowest BCUT2D eigenvalue weighted by Gasteiger charge is -2.33. The molecule has 0 spiro atoms. The highest BCUT2D eigenvalue weighted by molar-refractivity contribution is 7.14. The van der Waals surface area contributed by atoms with Crippen molar-refractivity contribution in [3.8, 4) is 11.8 Å². The van der Waals surface area contributed by atoms with Crippen LogP contribution in [0.5, 0.6) is 0 Å². The monoisotopic (exact) mass is 305 g/mol. The van der Waals surface area contributed by atoms with Crippen LogP contribution >= 0.6 is 11.3 Å². The van der Waals surface area contributed by atoms with Gasteiger partial charge in [0.15, 0.2) is 0 Å². The van der Waals surface area contributed by atoms with E-state index in [0.717, 1.165) is 22.6 Å². The molecule has 0 radical (unpaired) electrons. The molecule has 0 aromatic carbocycles. The van der Waals surface area contributed by atoms with Gasteiger partial charge in [-0.3, -0.25) is 4.79 Å². The van der Waals surface area contributed by atoms with Crippen LogP contribution in [0.3, 0.4) is 0 Å². The third-order valence-corrected chi connectivity index (χ3v) is 5.03. The fraction of sp³-hybridized carbons (Fsp3) is 0.588. The predicted octanol–water partition coefficient (Wildman–Crippen LogP) is 3.13. The number of carbonyl (C=O) groups is 1. The van der Waals surface area contributed by atoms with Gasteiger partial charge in [-0.1, -0.05) is 31.6 Å². The van der Waals surface area contributed by atoms with Crippen LogP contribution in [0.1, 0.15) is 53.6 Å². The zero-order valence-electron chi connectivity index (χ0n) is 12.8. The molecule has 0 aliphatic heterocycles. The highest BCUT2D eigenvalue weighted by Gasteiger charge is 2.26. The van der Waals surface area contributed by atoms with Crippen LogP contribution < -0.4 is 0 Å². The molecule has 1 heterocycles. The minimum atomic E-state index is 0.0762. The van der Waals surface area contributed by atoms with Crippen molar-refractivity contribution in [1.29, 1.82) is 0 Å². The minimum Gasteiger partial charge on any atom is -0.395 e. The van der Waals surface area contributed by atoms with E-state index in [1.165, 1.54) is 24.2 Å². The van der Waals surface area contributed by atoms with Gasteiger partial charge in [-0.05, 0) is 30.9 Å². The molecule has 1 aliphatic rings. The Labute approximate surface area is 131 Å². The molecule has 1 amide bonds.